The monoisotopic (exact) mass is 508 g/mol. The van der Waals surface area contributed by atoms with Gasteiger partial charge in [-0.15, -0.1) is 0 Å². The van der Waals surface area contributed by atoms with Gasteiger partial charge in [0.15, 0.2) is 0 Å². The minimum atomic E-state index is -0.588. The molecule has 0 amide bonds. The lowest BCUT2D eigenvalue weighted by Gasteiger charge is -2.26. The van der Waals surface area contributed by atoms with Gasteiger partial charge in [-0.25, -0.2) is 0 Å². The number of aliphatic hydroxyl groups excluding tert-OH is 1. The van der Waals surface area contributed by atoms with E-state index in [1.54, 1.807) is 7.05 Å². The van der Waals surface area contributed by atoms with Crippen LogP contribution in [0.1, 0.15) is 110 Å². The molecular weight excluding hydrogens is 452 g/mol. The van der Waals surface area contributed by atoms with Gasteiger partial charge in [0.05, 0.1) is 6.10 Å². The lowest BCUT2D eigenvalue weighted by molar-refractivity contribution is 0.119. The van der Waals surface area contributed by atoms with Crippen molar-refractivity contribution in [1.82, 2.24) is 10.2 Å². The summed E-state index contributed by atoms with van der Waals surface area (Å²) >= 11 is 0. The van der Waals surface area contributed by atoms with Crippen LogP contribution >= 0.6 is 0 Å². The molecule has 1 aromatic rings. The van der Waals surface area contributed by atoms with Crippen molar-refractivity contribution in [3.63, 3.8) is 0 Å². The highest BCUT2D eigenvalue weighted by Gasteiger charge is 2.20. The largest absolute Gasteiger partial charge is 0.390 e. The van der Waals surface area contributed by atoms with E-state index in [4.69, 9.17) is 0 Å². The molecule has 0 saturated heterocycles. The SMILES string of the molecule is CCCCCCCCCCCCCCN(CCCCNCCC)CC(O)CNc1c(NC)c(=O)c1=O. The van der Waals surface area contributed by atoms with Crippen molar-refractivity contribution in [1.29, 1.82) is 0 Å². The fourth-order valence-corrected chi connectivity index (χ4v) is 4.74. The van der Waals surface area contributed by atoms with Crippen LogP contribution in [-0.4, -0.2) is 62.4 Å². The van der Waals surface area contributed by atoms with Crippen molar-refractivity contribution in [2.75, 3.05) is 56.9 Å². The summed E-state index contributed by atoms with van der Waals surface area (Å²) in [6.07, 6.45) is 18.9. The van der Waals surface area contributed by atoms with Gasteiger partial charge >= 0.3 is 0 Å². The molecule has 0 heterocycles. The summed E-state index contributed by atoms with van der Waals surface area (Å²) < 4.78 is 0. The molecule has 4 N–H and O–H groups in total. The van der Waals surface area contributed by atoms with Crippen LogP contribution in [0.15, 0.2) is 9.59 Å². The van der Waals surface area contributed by atoms with Crippen LogP contribution in [0.5, 0.6) is 0 Å². The maximum Gasteiger partial charge on any atom is 0.253 e. The Balaban J connectivity index is 2.27. The fraction of sp³-hybridized carbons (Fsp3) is 0.862. The van der Waals surface area contributed by atoms with Crippen LogP contribution in [-0.2, 0) is 0 Å². The average Bonchev–Trinajstić information content (AvgIpc) is 2.88. The third-order valence-electron chi connectivity index (χ3n) is 6.98. The van der Waals surface area contributed by atoms with Crippen LogP contribution in [0.25, 0.3) is 0 Å². The van der Waals surface area contributed by atoms with E-state index in [1.807, 2.05) is 0 Å². The predicted octanol–water partition coefficient (Wildman–Crippen LogP) is 4.88. The number of anilines is 2. The number of aliphatic hydroxyl groups is 1. The van der Waals surface area contributed by atoms with Gasteiger partial charge in [0.25, 0.3) is 10.9 Å². The number of unbranched alkanes of at least 4 members (excludes halogenated alkanes) is 12. The van der Waals surface area contributed by atoms with Crippen LogP contribution in [0.3, 0.4) is 0 Å². The Labute approximate surface area is 220 Å². The van der Waals surface area contributed by atoms with Gasteiger partial charge in [0.2, 0.25) is 0 Å². The zero-order valence-electron chi connectivity index (χ0n) is 23.6. The minimum absolute atomic E-state index is 0.270. The molecule has 7 heteroatoms. The van der Waals surface area contributed by atoms with Gasteiger partial charge in [-0.3, -0.25) is 9.59 Å². The summed E-state index contributed by atoms with van der Waals surface area (Å²) in [7, 11) is 1.63. The quantitative estimate of drug-likeness (QED) is 0.105. The second kappa shape index (κ2) is 21.6. The third kappa shape index (κ3) is 14.3. The third-order valence-corrected chi connectivity index (χ3v) is 6.98. The summed E-state index contributed by atoms with van der Waals surface area (Å²) in [5.41, 5.74) is -0.365. The van der Waals surface area contributed by atoms with Gasteiger partial charge in [-0.2, -0.15) is 0 Å². The Morgan fingerprint density at radius 3 is 1.78 bits per heavy atom. The van der Waals surface area contributed by atoms with Gasteiger partial charge in [0.1, 0.15) is 11.4 Å². The molecule has 0 aromatic heterocycles. The molecule has 1 unspecified atom stereocenters. The van der Waals surface area contributed by atoms with Gasteiger partial charge < -0.3 is 26.0 Å². The number of hydrogen-bond acceptors (Lipinski definition) is 7. The van der Waals surface area contributed by atoms with E-state index in [0.717, 1.165) is 51.9 Å². The average molecular weight is 509 g/mol. The number of rotatable bonds is 26. The summed E-state index contributed by atoms with van der Waals surface area (Å²) in [6.45, 7) is 9.39. The summed E-state index contributed by atoms with van der Waals surface area (Å²) in [5, 5.41) is 19.8. The first kappa shape index (κ1) is 32.6. The highest BCUT2D eigenvalue weighted by molar-refractivity contribution is 5.73. The molecule has 0 radical (unpaired) electrons. The molecule has 1 rings (SSSR count). The van der Waals surface area contributed by atoms with Crippen LogP contribution in [0.4, 0.5) is 11.4 Å². The Hall–Kier alpha value is -1.44. The number of nitrogens with zero attached hydrogens (tertiary/aromatic N) is 1. The first-order valence-corrected chi connectivity index (χ1v) is 14.9. The van der Waals surface area contributed by atoms with Crippen molar-refractivity contribution >= 4 is 11.4 Å². The normalized spacial score (nSPS) is 12.5. The maximum atomic E-state index is 11.7. The summed E-state index contributed by atoms with van der Waals surface area (Å²) in [4.78, 5) is 25.7. The van der Waals surface area contributed by atoms with Crippen molar-refractivity contribution in [2.24, 2.45) is 0 Å². The second-order valence-electron chi connectivity index (χ2n) is 10.3. The van der Waals surface area contributed by atoms with Gasteiger partial charge in [-0.05, 0) is 51.9 Å². The molecule has 0 aliphatic carbocycles. The number of hydrogen-bond donors (Lipinski definition) is 4. The molecule has 210 valence electrons. The Morgan fingerprint density at radius 1 is 0.694 bits per heavy atom. The van der Waals surface area contributed by atoms with Gasteiger partial charge in [0, 0.05) is 20.1 Å². The first-order valence-electron chi connectivity index (χ1n) is 14.9. The second-order valence-corrected chi connectivity index (χ2v) is 10.3. The highest BCUT2D eigenvalue weighted by atomic mass is 16.3. The molecule has 36 heavy (non-hydrogen) atoms. The molecule has 1 atom stereocenters. The molecule has 0 spiro atoms. The highest BCUT2D eigenvalue weighted by Crippen LogP contribution is 2.14. The van der Waals surface area contributed by atoms with E-state index in [2.05, 4.69) is 34.7 Å². The molecule has 0 aliphatic heterocycles. The molecule has 0 aliphatic rings. The summed E-state index contributed by atoms with van der Waals surface area (Å²) in [5.74, 6) is 0. The first-order chi connectivity index (χ1) is 17.5. The van der Waals surface area contributed by atoms with Crippen LogP contribution in [0.2, 0.25) is 0 Å². The van der Waals surface area contributed by atoms with E-state index in [1.165, 1.54) is 70.6 Å². The predicted molar refractivity (Wildman–Crippen MR) is 155 cm³/mol. The van der Waals surface area contributed by atoms with Crippen molar-refractivity contribution in [2.45, 2.75) is 116 Å². The Kier molecular flexibility index (Phi) is 19.6. The topological polar surface area (TPSA) is 93.7 Å². The molecule has 0 saturated carbocycles. The van der Waals surface area contributed by atoms with Gasteiger partial charge in [-0.1, -0.05) is 84.5 Å². The minimum Gasteiger partial charge on any atom is -0.390 e. The smallest absolute Gasteiger partial charge is 0.253 e. The van der Waals surface area contributed by atoms with E-state index in [0.29, 0.717) is 17.9 Å². The standard InChI is InChI=1S/C29H56N4O3/c1-4-6-7-8-9-10-11-12-13-14-15-17-21-33(22-18-16-20-31-19-5-2)24-25(34)23-32-27-26(30-3)28(35)29(27)36/h25,30-32,34H,4-24H2,1-3H3. The van der Waals surface area contributed by atoms with Crippen molar-refractivity contribution < 1.29 is 5.11 Å². The fourth-order valence-electron chi connectivity index (χ4n) is 4.74. The molecule has 1 aromatic carbocycles. The zero-order chi connectivity index (χ0) is 26.4. The van der Waals surface area contributed by atoms with Crippen molar-refractivity contribution in [3.8, 4) is 0 Å². The summed E-state index contributed by atoms with van der Waals surface area (Å²) in [6, 6.07) is 0. The zero-order valence-corrected chi connectivity index (χ0v) is 23.6. The molecular formula is C29H56N4O3. The van der Waals surface area contributed by atoms with E-state index in [9.17, 15) is 14.7 Å². The van der Waals surface area contributed by atoms with Crippen molar-refractivity contribution in [3.05, 3.63) is 20.4 Å². The molecule has 0 fully saturated rings. The maximum absolute atomic E-state index is 11.7. The molecule has 7 nitrogen and oxygen atoms in total. The lowest BCUT2D eigenvalue weighted by atomic mass is 10.1. The van der Waals surface area contributed by atoms with Crippen LogP contribution in [0, 0.1) is 0 Å². The van der Waals surface area contributed by atoms with E-state index < -0.39 is 17.0 Å². The Morgan fingerprint density at radius 2 is 1.22 bits per heavy atom. The van der Waals surface area contributed by atoms with Crippen LogP contribution < -0.4 is 26.8 Å². The Bertz CT molecular complexity index is 718. The van der Waals surface area contributed by atoms with E-state index >= 15 is 0 Å². The number of nitrogens with one attached hydrogen (secondary N) is 3. The molecule has 0 bridgehead atoms. The lowest BCUT2D eigenvalue weighted by Crippen LogP contribution is -2.41. The van der Waals surface area contributed by atoms with E-state index in [-0.39, 0.29) is 6.54 Å².